The Morgan fingerprint density at radius 2 is 1.84 bits per heavy atom. The van der Waals surface area contributed by atoms with Gasteiger partial charge in [0.15, 0.2) is 0 Å². The minimum Gasteiger partial charge on any atom is -0.467 e. The second kappa shape index (κ2) is 8.87. The van der Waals surface area contributed by atoms with Gasteiger partial charge in [0, 0.05) is 26.1 Å². The molecule has 2 N–H and O–H groups in total. The average molecular weight is 273 g/mol. The summed E-state index contributed by atoms with van der Waals surface area (Å²) in [5.41, 5.74) is 0. The summed E-state index contributed by atoms with van der Waals surface area (Å²) in [7, 11) is 5.32. The number of carbonyl (C=O) groups is 2. The normalized spacial score (nSPS) is 14.3. The minimum absolute atomic E-state index is 0.245. The number of likely N-dealkylation sites (N-methyl/N-ethyl adjacent to an activating group) is 1. The van der Waals surface area contributed by atoms with Gasteiger partial charge in [0.1, 0.15) is 6.04 Å². The van der Waals surface area contributed by atoms with E-state index in [-0.39, 0.29) is 11.9 Å². The van der Waals surface area contributed by atoms with Crippen LogP contribution in [0.5, 0.6) is 0 Å². The van der Waals surface area contributed by atoms with Gasteiger partial charge < -0.3 is 20.3 Å². The third kappa shape index (κ3) is 7.79. The largest absolute Gasteiger partial charge is 0.467 e. The molecule has 6 nitrogen and oxygen atoms in total. The highest BCUT2D eigenvalue weighted by molar-refractivity contribution is 5.83. The van der Waals surface area contributed by atoms with Crippen molar-refractivity contribution in [1.29, 1.82) is 0 Å². The monoisotopic (exact) mass is 273 g/mol. The number of amides is 1. The third-order valence-corrected chi connectivity index (χ3v) is 2.81. The topological polar surface area (TPSA) is 70.7 Å². The van der Waals surface area contributed by atoms with E-state index in [4.69, 9.17) is 0 Å². The van der Waals surface area contributed by atoms with Crippen LogP contribution in [-0.4, -0.2) is 63.2 Å². The van der Waals surface area contributed by atoms with Crippen molar-refractivity contribution in [2.24, 2.45) is 5.92 Å². The highest BCUT2D eigenvalue weighted by Gasteiger charge is 2.22. The van der Waals surface area contributed by atoms with E-state index in [9.17, 15) is 9.59 Å². The molecule has 112 valence electrons. The highest BCUT2D eigenvalue weighted by Crippen LogP contribution is 2.03. The lowest BCUT2D eigenvalue weighted by atomic mass is 10.0. The van der Waals surface area contributed by atoms with Crippen molar-refractivity contribution in [3.8, 4) is 0 Å². The molecule has 0 radical (unpaired) electrons. The second-order valence-electron chi connectivity index (χ2n) is 5.30. The van der Waals surface area contributed by atoms with Gasteiger partial charge in [0.05, 0.1) is 7.11 Å². The van der Waals surface area contributed by atoms with Gasteiger partial charge >= 0.3 is 5.97 Å². The fourth-order valence-corrected chi connectivity index (χ4v) is 1.75. The Morgan fingerprint density at radius 3 is 2.21 bits per heavy atom. The Labute approximate surface area is 115 Å². The van der Waals surface area contributed by atoms with Crippen molar-refractivity contribution in [3.05, 3.63) is 0 Å². The SMILES string of the molecule is COC(=O)C(CNC(CN(C)C)C(C)C)NC(C)=O. The number of carbonyl (C=O) groups excluding carboxylic acids is 2. The van der Waals surface area contributed by atoms with E-state index in [1.807, 2.05) is 14.1 Å². The van der Waals surface area contributed by atoms with Crippen LogP contribution < -0.4 is 10.6 Å². The number of rotatable bonds is 8. The summed E-state index contributed by atoms with van der Waals surface area (Å²) in [6.45, 7) is 6.85. The lowest BCUT2D eigenvalue weighted by Gasteiger charge is -2.27. The molecular formula is C13H27N3O3. The van der Waals surface area contributed by atoms with Gasteiger partial charge in [-0.2, -0.15) is 0 Å². The van der Waals surface area contributed by atoms with Crippen LogP contribution in [0.25, 0.3) is 0 Å². The van der Waals surface area contributed by atoms with E-state index in [1.165, 1.54) is 14.0 Å². The van der Waals surface area contributed by atoms with E-state index in [0.29, 0.717) is 12.5 Å². The van der Waals surface area contributed by atoms with Crippen LogP contribution in [-0.2, 0) is 14.3 Å². The van der Waals surface area contributed by atoms with Crippen LogP contribution in [0.4, 0.5) is 0 Å². The Kier molecular flexibility index (Phi) is 8.34. The molecule has 0 aliphatic carbocycles. The molecule has 0 heterocycles. The molecule has 6 heteroatoms. The maximum atomic E-state index is 11.6. The zero-order valence-corrected chi connectivity index (χ0v) is 12.8. The average Bonchev–Trinajstić information content (AvgIpc) is 2.30. The first kappa shape index (κ1) is 17.9. The summed E-state index contributed by atoms with van der Waals surface area (Å²) in [6.07, 6.45) is 0. The van der Waals surface area contributed by atoms with Crippen LogP contribution in [0.2, 0.25) is 0 Å². The van der Waals surface area contributed by atoms with Gasteiger partial charge in [-0.3, -0.25) is 4.79 Å². The number of ether oxygens (including phenoxy) is 1. The van der Waals surface area contributed by atoms with Gasteiger partial charge in [-0.25, -0.2) is 4.79 Å². The molecule has 0 aromatic heterocycles. The summed E-state index contributed by atoms with van der Waals surface area (Å²) >= 11 is 0. The summed E-state index contributed by atoms with van der Waals surface area (Å²) in [4.78, 5) is 24.7. The van der Waals surface area contributed by atoms with Gasteiger partial charge in [-0.1, -0.05) is 13.8 Å². The molecule has 1 amide bonds. The molecule has 2 atom stereocenters. The van der Waals surface area contributed by atoms with Crippen LogP contribution >= 0.6 is 0 Å². The molecule has 0 aliphatic rings. The standard InChI is InChI=1S/C13H27N3O3/c1-9(2)12(8-16(4)5)14-7-11(13(18)19-6)15-10(3)17/h9,11-12,14H,7-8H2,1-6H3,(H,15,17). The Bertz CT molecular complexity index is 293. The second-order valence-corrected chi connectivity index (χ2v) is 5.30. The van der Waals surface area contributed by atoms with Crippen molar-refractivity contribution < 1.29 is 14.3 Å². The quantitative estimate of drug-likeness (QED) is 0.601. The number of nitrogens with zero attached hydrogens (tertiary/aromatic N) is 1. The summed E-state index contributed by atoms with van der Waals surface area (Å²) < 4.78 is 4.68. The summed E-state index contributed by atoms with van der Waals surface area (Å²) in [5.74, 6) is -0.251. The molecule has 0 spiro atoms. The van der Waals surface area contributed by atoms with Crippen molar-refractivity contribution in [1.82, 2.24) is 15.5 Å². The van der Waals surface area contributed by atoms with Gasteiger partial charge in [-0.05, 0) is 20.0 Å². The van der Waals surface area contributed by atoms with Gasteiger partial charge in [0.2, 0.25) is 5.91 Å². The maximum Gasteiger partial charge on any atom is 0.329 e. The predicted octanol–water partition coefficient (Wildman–Crippen LogP) is -0.160. The van der Waals surface area contributed by atoms with Crippen LogP contribution in [0.1, 0.15) is 20.8 Å². The Hall–Kier alpha value is -1.14. The van der Waals surface area contributed by atoms with Crippen LogP contribution in [0.3, 0.4) is 0 Å². The smallest absolute Gasteiger partial charge is 0.329 e. The fourth-order valence-electron chi connectivity index (χ4n) is 1.75. The zero-order valence-electron chi connectivity index (χ0n) is 12.8. The number of esters is 1. The molecule has 0 aromatic carbocycles. The third-order valence-electron chi connectivity index (χ3n) is 2.81. The molecule has 2 unspecified atom stereocenters. The highest BCUT2D eigenvalue weighted by atomic mass is 16.5. The predicted molar refractivity (Wildman–Crippen MR) is 74.8 cm³/mol. The fraction of sp³-hybridized carbons (Fsp3) is 0.846. The summed E-state index contributed by atoms with van der Waals surface area (Å²) in [5, 5.41) is 5.90. The number of nitrogens with one attached hydrogen (secondary N) is 2. The first-order chi connectivity index (χ1) is 8.77. The number of methoxy groups -OCH3 is 1. The first-order valence-corrected chi connectivity index (χ1v) is 6.51. The first-order valence-electron chi connectivity index (χ1n) is 6.51. The van der Waals surface area contributed by atoms with Gasteiger partial charge in [-0.15, -0.1) is 0 Å². The maximum absolute atomic E-state index is 11.6. The lowest BCUT2D eigenvalue weighted by Crippen LogP contribution is -2.52. The van der Waals surface area contributed by atoms with Crippen molar-refractivity contribution in [2.75, 3.05) is 34.3 Å². The number of hydrogen-bond acceptors (Lipinski definition) is 5. The molecule has 0 saturated carbocycles. The van der Waals surface area contributed by atoms with Crippen molar-refractivity contribution in [2.45, 2.75) is 32.9 Å². The molecule has 0 saturated heterocycles. The zero-order chi connectivity index (χ0) is 15.0. The van der Waals surface area contributed by atoms with E-state index < -0.39 is 12.0 Å². The summed E-state index contributed by atoms with van der Waals surface area (Å²) in [6, 6.07) is -0.401. The lowest BCUT2D eigenvalue weighted by molar-refractivity contribution is -0.144. The number of hydrogen-bond donors (Lipinski definition) is 2. The molecular weight excluding hydrogens is 246 g/mol. The molecule has 0 rings (SSSR count). The van der Waals surface area contributed by atoms with Crippen LogP contribution in [0, 0.1) is 5.92 Å². The van der Waals surface area contributed by atoms with E-state index in [0.717, 1.165) is 6.54 Å². The van der Waals surface area contributed by atoms with Crippen molar-refractivity contribution >= 4 is 11.9 Å². The molecule has 19 heavy (non-hydrogen) atoms. The molecule has 0 fully saturated rings. The van der Waals surface area contributed by atoms with Crippen LogP contribution in [0.15, 0.2) is 0 Å². The van der Waals surface area contributed by atoms with E-state index in [2.05, 4.69) is 34.1 Å². The van der Waals surface area contributed by atoms with E-state index >= 15 is 0 Å². The van der Waals surface area contributed by atoms with Crippen molar-refractivity contribution in [3.63, 3.8) is 0 Å². The molecule has 0 aliphatic heterocycles. The molecule has 0 aromatic rings. The minimum atomic E-state index is -0.647. The Balaban J connectivity index is 4.48. The molecule has 0 bridgehead atoms. The van der Waals surface area contributed by atoms with E-state index in [1.54, 1.807) is 0 Å². The Morgan fingerprint density at radius 1 is 1.26 bits per heavy atom. The van der Waals surface area contributed by atoms with Gasteiger partial charge in [0.25, 0.3) is 0 Å².